The summed E-state index contributed by atoms with van der Waals surface area (Å²) in [5, 5.41) is 2.61. The molecule has 3 aromatic rings. The Kier molecular flexibility index (Phi) is 6.42. The number of hydrogen-bond acceptors (Lipinski definition) is 2. The van der Waals surface area contributed by atoms with Gasteiger partial charge < -0.3 is 14.4 Å². The summed E-state index contributed by atoms with van der Waals surface area (Å²) in [6.07, 6.45) is 0. The van der Waals surface area contributed by atoms with Crippen LogP contribution in [0.3, 0.4) is 0 Å². The average molecular weight is 398 g/mol. The number of benzene rings is 2. The fraction of sp³-hybridized carbons (Fsp3) is 0.348. The normalized spacial score (nSPS) is 11.4. The van der Waals surface area contributed by atoms with Crippen molar-refractivity contribution >= 4 is 28.3 Å². The highest BCUT2D eigenvalue weighted by molar-refractivity contribution is 6.31. The molecule has 0 spiro atoms. The van der Waals surface area contributed by atoms with Gasteiger partial charge in [0.05, 0.1) is 5.69 Å². The lowest BCUT2D eigenvalue weighted by Crippen LogP contribution is -2.37. The van der Waals surface area contributed by atoms with Crippen molar-refractivity contribution in [1.29, 1.82) is 0 Å². The van der Waals surface area contributed by atoms with Crippen molar-refractivity contribution in [2.75, 3.05) is 33.2 Å². The summed E-state index contributed by atoms with van der Waals surface area (Å²) in [6, 6.07) is 15.9. The van der Waals surface area contributed by atoms with E-state index in [-0.39, 0.29) is 5.91 Å². The predicted molar refractivity (Wildman–Crippen MR) is 118 cm³/mol. The number of carbonyl (C=O) groups is 1. The summed E-state index contributed by atoms with van der Waals surface area (Å²) in [6.45, 7) is 7.83. The highest BCUT2D eigenvalue weighted by Gasteiger charge is 2.23. The molecule has 0 N–H and O–H groups in total. The van der Waals surface area contributed by atoms with E-state index in [0.717, 1.165) is 41.7 Å². The fourth-order valence-corrected chi connectivity index (χ4v) is 3.88. The molecule has 28 heavy (non-hydrogen) atoms. The second-order valence-electron chi connectivity index (χ2n) is 7.07. The second-order valence-corrected chi connectivity index (χ2v) is 7.50. The first-order valence-corrected chi connectivity index (χ1v) is 10.2. The number of likely N-dealkylation sites (N-methyl/N-ethyl adjacent to an activating group) is 2. The van der Waals surface area contributed by atoms with Crippen LogP contribution in [-0.2, 0) is 7.05 Å². The van der Waals surface area contributed by atoms with E-state index in [1.807, 2.05) is 60.0 Å². The van der Waals surface area contributed by atoms with Crippen LogP contribution in [0.5, 0.6) is 0 Å². The van der Waals surface area contributed by atoms with Crippen LogP contribution in [0.1, 0.15) is 24.3 Å². The monoisotopic (exact) mass is 397 g/mol. The van der Waals surface area contributed by atoms with E-state index in [1.165, 1.54) is 0 Å². The molecule has 0 unspecified atom stereocenters. The Labute approximate surface area is 172 Å². The Morgan fingerprint density at radius 1 is 1.00 bits per heavy atom. The van der Waals surface area contributed by atoms with Crippen molar-refractivity contribution < 1.29 is 4.79 Å². The highest BCUT2D eigenvalue weighted by Crippen LogP contribution is 2.35. The number of aromatic nitrogens is 1. The Bertz CT molecular complexity index is 961. The second kappa shape index (κ2) is 8.80. The Balaban J connectivity index is 2.04. The summed E-state index contributed by atoms with van der Waals surface area (Å²) in [5.74, 6) is 0.0316. The van der Waals surface area contributed by atoms with Crippen LogP contribution in [0.25, 0.3) is 22.0 Å². The molecule has 1 aromatic heterocycles. The molecule has 5 heteroatoms. The summed E-state index contributed by atoms with van der Waals surface area (Å²) in [7, 11) is 3.84. The number of carbonyl (C=O) groups excluding carboxylic acids is 1. The number of hydrogen-bond donors (Lipinski definition) is 0. The van der Waals surface area contributed by atoms with E-state index in [9.17, 15) is 4.79 Å². The van der Waals surface area contributed by atoms with E-state index >= 15 is 0 Å². The van der Waals surface area contributed by atoms with Crippen LogP contribution in [0.15, 0.2) is 48.5 Å². The van der Waals surface area contributed by atoms with Gasteiger partial charge in [-0.3, -0.25) is 4.79 Å². The van der Waals surface area contributed by atoms with Gasteiger partial charge >= 0.3 is 0 Å². The lowest BCUT2D eigenvalue weighted by Gasteiger charge is -2.23. The first kappa shape index (κ1) is 20.4. The maximum Gasteiger partial charge on any atom is 0.270 e. The molecule has 2 aromatic carbocycles. The van der Waals surface area contributed by atoms with E-state index in [2.05, 4.69) is 30.9 Å². The average Bonchev–Trinajstić information content (AvgIpc) is 2.99. The Morgan fingerprint density at radius 3 is 2.32 bits per heavy atom. The largest absolute Gasteiger partial charge is 0.339 e. The van der Waals surface area contributed by atoms with Gasteiger partial charge in [-0.1, -0.05) is 61.8 Å². The SMILES string of the molecule is CCN(CC)CCN(C)C(=O)c1c2ccc(Cl)cc2c(-c2ccccc2)n1C. The molecule has 1 heterocycles. The van der Waals surface area contributed by atoms with Gasteiger partial charge in [0.25, 0.3) is 5.91 Å². The molecular weight excluding hydrogens is 370 g/mol. The molecule has 0 saturated carbocycles. The van der Waals surface area contributed by atoms with Gasteiger partial charge in [0.1, 0.15) is 5.69 Å². The van der Waals surface area contributed by atoms with Gasteiger partial charge in [-0.05, 0) is 30.8 Å². The van der Waals surface area contributed by atoms with Gasteiger partial charge in [0, 0.05) is 43.0 Å². The molecule has 148 valence electrons. The number of fused-ring (bicyclic) bond motifs is 1. The highest BCUT2D eigenvalue weighted by atomic mass is 35.5. The first-order chi connectivity index (χ1) is 13.5. The van der Waals surface area contributed by atoms with Crippen molar-refractivity contribution in [1.82, 2.24) is 14.4 Å². The number of rotatable bonds is 7. The van der Waals surface area contributed by atoms with E-state index in [0.29, 0.717) is 17.3 Å². The van der Waals surface area contributed by atoms with Crippen molar-refractivity contribution in [2.24, 2.45) is 7.05 Å². The van der Waals surface area contributed by atoms with E-state index in [1.54, 1.807) is 0 Å². The fourth-order valence-electron chi connectivity index (χ4n) is 3.71. The first-order valence-electron chi connectivity index (χ1n) is 9.79. The number of amides is 1. The van der Waals surface area contributed by atoms with E-state index in [4.69, 9.17) is 11.6 Å². The van der Waals surface area contributed by atoms with Crippen molar-refractivity contribution in [3.8, 4) is 11.3 Å². The molecule has 0 radical (unpaired) electrons. The van der Waals surface area contributed by atoms with Gasteiger partial charge in [-0.25, -0.2) is 0 Å². The van der Waals surface area contributed by atoms with Crippen LogP contribution >= 0.6 is 11.6 Å². The molecule has 4 nitrogen and oxygen atoms in total. The lowest BCUT2D eigenvalue weighted by atomic mass is 10.1. The zero-order valence-corrected chi connectivity index (χ0v) is 17.8. The summed E-state index contributed by atoms with van der Waals surface area (Å²) >= 11 is 6.29. The van der Waals surface area contributed by atoms with Crippen molar-refractivity contribution in [2.45, 2.75) is 13.8 Å². The smallest absolute Gasteiger partial charge is 0.270 e. The van der Waals surface area contributed by atoms with E-state index < -0.39 is 0 Å². The van der Waals surface area contributed by atoms with Gasteiger partial charge in [-0.15, -0.1) is 0 Å². The molecule has 0 aliphatic carbocycles. The standard InChI is InChI=1S/C23H28ClN3O/c1-5-27(6-2)15-14-25(3)23(28)22-19-13-12-18(24)16-20(19)21(26(22)4)17-10-8-7-9-11-17/h7-13,16H,5-6,14-15H2,1-4H3. The molecule has 0 atom stereocenters. The zero-order chi connectivity index (χ0) is 20.3. The predicted octanol–water partition coefficient (Wildman–Crippen LogP) is 4.91. The molecular formula is C23H28ClN3O. The molecule has 3 rings (SSSR count). The molecule has 1 amide bonds. The third-order valence-corrected chi connectivity index (χ3v) is 5.64. The topological polar surface area (TPSA) is 28.5 Å². The third-order valence-electron chi connectivity index (χ3n) is 5.41. The number of halogens is 1. The Hall–Kier alpha value is -2.30. The maximum atomic E-state index is 13.4. The molecule has 0 saturated heterocycles. The summed E-state index contributed by atoms with van der Waals surface area (Å²) in [4.78, 5) is 17.5. The summed E-state index contributed by atoms with van der Waals surface area (Å²) < 4.78 is 2.01. The van der Waals surface area contributed by atoms with Crippen LogP contribution in [0.4, 0.5) is 0 Å². The van der Waals surface area contributed by atoms with Crippen molar-refractivity contribution in [3.05, 3.63) is 59.2 Å². The van der Waals surface area contributed by atoms with Gasteiger partial charge in [0.2, 0.25) is 0 Å². The number of nitrogens with zero attached hydrogens (tertiary/aromatic N) is 3. The quantitative estimate of drug-likeness (QED) is 0.566. The van der Waals surface area contributed by atoms with Crippen LogP contribution in [-0.4, -0.2) is 53.5 Å². The molecule has 0 aliphatic heterocycles. The van der Waals surface area contributed by atoms with Crippen LogP contribution < -0.4 is 0 Å². The summed E-state index contributed by atoms with van der Waals surface area (Å²) in [5.41, 5.74) is 2.79. The third kappa shape index (κ3) is 3.94. The molecule has 0 aliphatic rings. The minimum absolute atomic E-state index is 0.0316. The van der Waals surface area contributed by atoms with Gasteiger partial charge in [-0.2, -0.15) is 0 Å². The minimum Gasteiger partial charge on any atom is -0.339 e. The van der Waals surface area contributed by atoms with Crippen molar-refractivity contribution in [3.63, 3.8) is 0 Å². The lowest BCUT2D eigenvalue weighted by molar-refractivity contribution is 0.0772. The zero-order valence-electron chi connectivity index (χ0n) is 17.1. The minimum atomic E-state index is 0.0316. The van der Waals surface area contributed by atoms with Gasteiger partial charge in [0.15, 0.2) is 0 Å². The Morgan fingerprint density at radius 2 is 1.68 bits per heavy atom. The van der Waals surface area contributed by atoms with Crippen LogP contribution in [0.2, 0.25) is 5.02 Å². The van der Waals surface area contributed by atoms with Crippen LogP contribution in [0, 0.1) is 0 Å². The molecule has 0 bridgehead atoms. The maximum absolute atomic E-state index is 13.4. The molecule has 0 fully saturated rings.